The van der Waals surface area contributed by atoms with E-state index in [1.54, 1.807) is 9.80 Å². The van der Waals surface area contributed by atoms with Gasteiger partial charge in [-0.2, -0.15) is 0 Å². The molecule has 2 rings (SSSR count). The molecule has 1 aliphatic rings. The predicted octanol–water partition coefficient (Wildman–Crippen LogP) is 1.71. The van der Waals surface area contributed by atoms with Crippen LogP contribution in [0.2, 0.25) is 0 Å². The van der Waals surface area contributed by atoms with Crippen LogP contribution in [0, 0.1) is 13.8 Å². The van der Waals surface area contributed by atoms with E-state index in [0.717, 1.165) is 11.3 Å². The van der Waals surface area contributed by atoms with Crippen molar-refractivity contribution >= 4 is 23.4 Å². The van der Waals surface area contributed by atoms with Crippen LogP contribution in [0.4, 0.5) is 5.69 Å². The summed E-state index contributed by atoms with van der Waals surface area (Å²) in [5.74, 6) is -0.155. The summed E-state index contributed by atoms with van der Waals surface area (Å²) in [5, 5.41) is 2.83. The Kier molecular flexibility index (Phi) is 5.95. The second kappa shape index (κ2) is 7.95. The van der Waals surface area contributed by atoms with Crippen molar-refractivity contribution in [1.82, 2.24) is 9.80 Å². The molecule has 130 valence electrons. The van der Waals surface area contributed by atoms with Gasteiger partial charge in [-0.05, 0) is 37.1 Å². The lowest BCUT2D eigenvalue weighted by atomic mass is 10.1. The Labute approximate surface area is 142 Å². The highest BCUT2D eigenvalue weighted by Gasteiger charge is 2.22. The van der Waals surface area contributed by atoms with Crippen LogP contribution in [0.5, 0.6) is 0 Å². The molecule has 1 N–H and O–H groups in total. The number of carbonyl (C=O) groups excluding carboxylic acids is 3. The Hall–Kier alpha value is -2.37. The van der Waals surface area contributed by atoms with E-state index in [2.05, 4.69) is 5.32 Å². The van der Waals surface area contributed by atoms with Crippen LogP contribution < -0.4 is 5.32 Å². The molecule has 1 aromatic rings. The largest absolute Gasteiger partial charge is 0.339 e. The molecule has 0 saturated carbocycles. The minimum Gasteiger partial charge on any atom is -0.339 e. The minimum absolute atomic E-state index is 0.0339. The lowest BCUT2D eigenvalue weighted by Crippen LogP contribution is -2.50. The summed E-state index contributed by atoms with van der Waals surface area (Å²) in [7, 11) is 0. The summed E-state index contributed by atoms with van der Waals surface area (Å²) in [5.41, 5.74) is 3.05. The number of hydrogen-bond donors (Lipinski definition) is 1. The molecule has 1 saturated heterocycles. The molecule has 0 atom stereocenters. The standard InChI is InChI=1S/C18H25N3O3/c1-13-4-5-16(12-14(13)2)19-17(23)6-7-18(24)21-10-8-20(9-11-21)15(3)22/h4-5,12H,6-11H2,1-3H3,(H,19,23). The van der Waals surface area contributed by atoms with Crippen molar-refractivity contribution in [2.45, 2.75) is 33.6 Å². The maximum atomic E-state index is 12.2. The molecule has 0 aromatic heterocycles. The first-order valence-electron chi connectivity index (χ1n) is 8.27. The first-order valence-corrected chi connectivity index (χ1v) is 8.27. The summed E-state index contributed by atoms with van der Waals surface area (Å²) in [6.07, 6.45) is 0.357. The van der Waals surface area contributed by atoms with Crippen LogP contribution >= 0.6 is 0 Å². The number of anilines is 1. The molecule has 1 fully saturated rings. The highest BCUT2D eigenvalue weighted by molar-refractivity contribution is 5.93. The van der Waals surface area contributed by atoms with Crippen molar-refractivity contribution in [2.24, 2.45) is 0 Å². The predicted molar refractivity (Wildman–Crippen MR) is 92.6 cm³/mol. The van der Waals surface area contributed by atoms with Crippen LogP contribution in [-0.4, -0.2) is 53.7 Å². The molecule has 0 radical (unpaired) electrons. The molecule has 0 unspecified atom stereocenters. The maximum Gasteiger partial charge on any atom is 0.224 e. The van der Waals surface area contributed by atoms with Crippen LogP contribution in [0.3, 0.4) is 0 Å². The van der Waals surface area contributed by atoms with Gasteiger partial charge in [0.1, 0.15) is 0 Å². The second-order valence-electron chi connectivity index (χ2n) is 6.23. The van der Waals surface area contributed by atoms with Crippen LogP contribution in [0.25, 0.3) is 0 Å². The van der Waals surface area contributed by atoms with E-state index >= 15 is 0 Å². The minimum atomic E-state index is -0.158. The summed E-state index contributed by atoms with van der Waals surface area (Å²) in [6, 6.07) is 5.75. The van der Waals surface area contributed by atoms with E-state index in [0.29, 0.717) is 26.2 Å². The summed E-state index contributed by atoms with van der Waals surface area (Å²) >= 11 is 0. The van der Waals surface area contributed by atoms with Gasteiger partial charge in [-0.3, -0.25) is 14.4 Å². The summed E-state index contributed by atoms with van der Waals surface area (Å²) < 4.78 is 0. The van der Waals surface area contributed by atoms with Crippen molar-refractivity contribution in [3.8, 4) is 0 Å². The molecule has 6 nitrogen and oxygen atoms in total. The Bertz CT molecular complexity index is 634. The number of piperazine rings is 1. The zero-order chi connectivity index (χ0) is 17.7. The van der Waals surface area contributed by atoms with Gasteiger partial charge in [0.15, 0.2) is 0 Å². The van der Waals surface area contributed by atoms with E-state index in [4.69, 9.17) is 0 Å². The fraction of sp³-hybridized carbons (Fsp3) is 0.500. The summed E-state index contributed by atoms with van der Waals surface area (Å²) in [6.45, 7) is 7.76. The quantitative estimate of drug-likeness (QED) is 0.913. The number of rotatable bonds is 4. The number of nitrogens with zero attached hydrogens (tertiary/aromatic N) is 2. The Morgan fingerprint density at radius 2 is 1.58 bits per heavy atom. The molecule has 24 heavy (non-hydrogen) atoms. The van der Waals surface area contributed by atoms with Gasteiger partial charge in [-0.15, -0.1) is 0 Å². The molecule has 0 bridgehead atoms. The van der Waals surface area contributed by atoms with E-state index in [1.165, 1.54) is 12.5 Å². The number of benzene rings is 1. The number of amides is 3. The van der Waals surface area contributed by atoms with E-state index < -0.39 is 0 Å². The average molecular weight is 331 g/mol. The highest BCUT2D eigenvalue weighted by atomic mass is 16.2. The first kappa shape index (κ1) is 18.0. The van der Waals surface area contributed by atoms with Crippen molar-refractivity contribution < 1.29 is 14.4 Å². The number of hydrogen-bond acceptors (Lipinski definition) is 3. The highest BCUT2D eigenvalue weighted by Crippen LogP contribution is 2.14. The van der Waals surface area contributed by atoms with Crippen LogP contribution in [0.15, 0.2) is 18.2 Å². The summed E-state index contributed by atoms with van der Waals surface area (Å²) in [4.78, 5) is 38.9. The van der Waals surface area contributed by atoms with Gasteiger partial charge in [0.25, 0.3) is 0 Å². The van der Waals surface area contributed by atoms with Gasteiger partial charge < -0.3 is 15.1 Å². The van der Waals surface area contributed by atoms with Gasteiger partial charge >= 0.3 is 0 Å². The second-order valence-corrected chi connectivity index (χ2v) is 6.23. The molecule has 3 amide bonds. The van der Waals surface area contributed by atoms with Crippen molar-refractivity contribution in [3.05, 3.63) is 29.3 Å². The Morgan fingerprint density at radius 3 is 2.17 bits per heavy atom. The van der Waals surface area contributed by atoms with Gasteiger partial charge in [0.05, 0.1) is 0 Å². The van der Waals surface area contributed by atoms with Crippen molar-refractivity contribution in [2.75, 3.05) is 31.5 Å². The molecule has 1 aromatic carbocycles. The Balaban J connectivity index is 1.76. The first-order chi connectivity index (χ1) is 11.4. The van der Waals surface area contributed by atoms with E-state index in [-0.39, 0.29) is 30.6 Å². The smallest absolute Gasteiger partial charge is 0.224 e. The maximum absolute atomic E-state index is 12.2. The van der Waals surface area contributed by atoms with Gasteiger partial charge in [-0.25, -0.2) is 0 Å². The molecular weight excluding hydrogens is 306 g/mol. The number of carbonyl (C=O) groups is 3. The van der Waals surface area contributed by atoms with Gasteiger partial charge in [0.2, 0.25) is 17.7 Å². The van der Waals surface area contributed by atoms with E-state index in [9.17, 15) is 14.4 Å². The SMILES string of the molecule is CC(=O)N1CCN(C(=O)CCC(=O)Nc2ccc(C)c(C)c2)CC1. The van der Waals surface area contributed by atoms with Crippen LogP contribution in [0.1, 0.15) is 30.9 Å². The van der Waals surface area contributed by atoms with Crippen molar-refractivity contribution in [1.29, 1.82) is 0 Å². The average Bonchev–Trinajstić information content (AvgIpc) is 2.56. The fourth-order valence-corrected chi connectivity index (χ4v) is 2.69. The molecular formula is C18H25N3O3. The van der Waals surface area contributed by atoms with E-state index in [1.807, 2.05) is 32.0 Å². The van der Waals surface area contributed by atoms with Crippen molar-refractivity contribution in [3.63, 3.8) is 0 Å². The monoisotopic (exact) mass is 331 g/mol. The number of aryl methyl sites for hydroxylation is 2. The normalized spacial score (nSPS) is 14.5. The third kappa shape index (κ3) is 4.81. The molecule has 0 aliphatic carbocycles. The topological polar surface area (TPSA) is 69.7 Å². The number of nitrogens with one attached hydrogen (secondary N) is 1. The molecule has 6 heteroatoms. The zero-order valence-corrected chi connectivity index (χ0v) is 14.6. The van der Waals surface area contributed by atoms with Gasteiger partial charge in [0, 0.05) is 51.6 Å². The molecule has 0 spiro atoms. The third-order valence-electron chi connectivity index (χ3n) is 4.43. The van der Waals surface area contributed by atoms with Gasteiger partial charge in [-0.1, -0.05) is 6.07 Å². The van der Waals surface area contributed by atoms with Crippen LogP contribution in [-0.2, 0) is 14.4 Å². The lowest BCUT2D eigenvalue weighted by Gasteiger charge is -2.34. The third-order valence-corrected chi connectivity index (χ3v) is 4.43. The fourth-order valence-electron chi connectivity index (χ4n) is 2.69. The molecule has 1 heterocycles. The Morgan fingerprint density at radius 1 is 0.958 bits per heavy atom. The molecule has 1 aliphatic heterocycles. The zero-order valence-electron chi connectivity index (χ0n) is 14.6. The lowest BCUT2D eigenvalue weighted by molar-refractivity contribution is -0.138.